The van der Waals surface area contributed by atoms with Gasteiger partial charge in [-0.25, -0.2) is 9.97 Å². The number of nitrogens with one attached hydrogen (secondary N) is 3. The molecule has 5 fully saturated rings. The largest absolute Gasteiger partial charge is 0.481 e. The van der Waals surface area contributed by atoms with E-state index in [2.05, 4.69) is 79.0 Å². The highest BCUT2D eigenvalue weighted by molar-refractivity contribution is 6.04. The first-order valence-corrected chi connectivity index (χ1v) is 24.4. The topological polar surface area (TPSA) is 193 Å². The van der Waals surface area contributed by atoms with Crippen molar-refractivity contribution in [2.24, 2.45) is 62.6 Å². The number of aromatic amines is 1. The van der Waals surface area contributed by atoms with Crippen LogP contribution in [0.4, 0.5) is 0 Å². The Labute approximate surface area is 388 Å². The lowest BCUT2D eigenvalue weighted by atomic mass is 9.33. The molecule has 0 bridgehead atoms. The number of carboxylic acids is 1. The van der Waals surface area contributed by atoms with Crippen molar-refractivity contribution in [3.05, 3.63) is 53.5 Å². The minimum atomic E-state index is -1.30. The molecule has 0 saturated heterocycles. The second-order valence-corrected chi connectivity index (χ2v) is 24.0. The van der Waals surface area contributed by atoms with Crippen LogP contribution in [0.25, 0.3) is 22.6 Å². The van der Waals surface area contributed by atoms with Crippen LogP contribution in [0.15, 0.2) is 47.9 Å². The van der Waals surface area contributed by atoms with Gasteiger partial charge < -0.3 is 25.5 Å². The zero-order valence-corrected chi connectivity index (χ0v) is 40.8. The third-order valence-electron chi connectivity index (χ3n) is 19.4. The van der Waals surface area contributed by atoms with Crippen molar-refractivity contribution in [3.63, 3.8) is 0 Å². The van der Waals surface area contributed by atoms with E-state index in [0.29, 0.717) is 52.8 Å². The van der Waals surface area contributed by atoms with Gasteiger partial charge in [0.2, 0.25) is 5.91 Å². The van der Waals surface area contributed by atoms with E-state index in [1.807, 2.05) is 13.8 Å². The Kier molecular flexibility index (Phi) is 10.7. The Morgan fingerprint density at radius 3 is 2.29 bits per heavy atom. The number of aliphatic carboxylic acids is 1. The minimum absolute atomic E-state index is 0.00402. The number of hydrogen-bond acceptors (Lipinski definition) is 9. The molecule has 13 nitrogen and oxygen atoms in total. The average Bonchev–Trinajstić information content (AvgIpc) is 3.80. The number of Topliss-reactive ketones (excluding diaryl/α,β-unsaturated/α-hetero) is 1. The maximum absolute atomic E-state index is 14.7. The SMILES string of the molecule is CC(C)C1=C2[C@H]3CC[C@@H]4[C@@]5(C)CC[C@H](OC(=O)C6C[C@@H](C(=O)O)C6(C)C)C(C)(C)[C@@H]5CC[C@@]4(C)[C@]3(C)CC[C@@]2(NC(=O)C(C)(C)NC(=O)c2ccc3nc(-c4cnccn4)[nH]c3c2)CC1=O. The van der Waals surface area contributed by atoms with E-state index < -0.39 is 40.2 Å². The predicted molar refractivity (Wildman–Crippen MR) is 249 cm³/mol. The molecule has 6 aliphatic carbocycles. The molecule has 354 valence electrons. The van der Waals surface area contributed by atoms with Crippen LogP contribution < -0.4 is 10.6 Å². The molecule has 2 aromatic heterocycles. The van der Waals surface area contributed by atoms with E-state index in [4.69, 9.17) is 4.74 Å². The molecule has 0 spiro atoms. The maximum Gasteiger partial charge on any atom is 0.309 e. The number of esters is 1. The number of fused-ring (bicyclic) bond motifs is 8. The van der Waals surface area contributed by atoms with Crippen LogP contribution in [-0.4, -0.2) is 71.8 Å². The summed E-state index contributed by atoms with van der Waals surface area (Å²) in [5.41, 5.74) is 1.07. The number of aromatic nitrogens is 4. The lowest BCUT2D eigenvalue weighted by Gasteiger charge is -2.72. The lowest BCUT2D eigenvalue weighted by molar-refractivity contribution is -0.235. The maximum atomic E-state index is 14.7. The van der Waals surface area contributed by atoms with E-state index in [9.17, 15) is 29.1 Å². The number of carbonyl (C=O) groups excluding carboxylic acids is 4. The number of hydrogen-bond donors (Lipinski definition) is 4. The molecule has 0 radical (unpaired) electrons. The summed E-state index contributed by atoms with van der Waals surface area (Å²) in [7, 11) is 0. The molecule has 1 aromatic carbocycles. The van der Waals surface area contributed by atoms with E-state index in [0.717, 1.165) is 56.1 Å². The fraction of sp³-hybridized carbons (Fsp3) is 0.660. The van der Waals surface area contributed by atoms with Gasteiger partial charge in [-0.05, 0) is 146 Å². The van der Waals surface area contributed by atoms with Crippen LogP contribution in [0.2, 0.25) is 0 Å². The molecule has 0 aliphatic heterocycles. The van der Waals surface area contributed by atoms with Gasteiger partial charge in [-0.2, -0.15) is 0 Å². The number of nitrogens with zero attached hydrogens (tertiary/aromatic N) is 3. The number of ketones is 1. The van der Waals surface area contributed by atoms with Crippen LogP contribution in [0.3, 0.4) is 0 Å². The van der Waals surface area contributed by atoms with Crippen molar-refractivity contribution in [3.8, 4) is 11.5 Å². The van der Waals surface area contributed by atoms with Gasteiger partial charge in [-0.15, -0.1) is 0 Å². The molecule has 5 saturated carbocycles. The second-order valence-electron chi connectivity index (χ2n) is 24.0. The fourth-order valence-corrected chi connectivity index (χ4v) is 15.4. The predicted octanol–water partition coefficient (Wildman–Crippen LogP) is 9.04. The summed E-state index contributed by atoms with van der Waals surface area (Å²) in [5, 5.41) is 16.2. The summed E-state index contributed by atoms with van der Waals surface area (Å²) in [6.07, 6.45) is 12.3. The standard InChI is InChI=1S/C53H70N6O7/c1-28(2)40-36(60)26-53(59-46(65)49(7,8)58-43(61)29-12-14-33-34(24-29)57-42(56-33)35-27-54-22-23-55-35)21-20-51(10)30(41(40)53)13-15-38-50(9)18-17-39(48(5,6)37(50)16-19-52(38,51)11)66-45(64)32-25-31(44(62)63)47(32,3)4/h12,14,22-24,27-28,30-32,37-39H,13,15-21,25-26H2,1-11H3,(H,56,57)(H,58,61)(H,59,65)(H,62,63)/t30-,31+,32?,37+,38-,39+,50+,51-,52-,53-/m1/s1. The van der Waals surface area contributed by atoms with Crippen LogP contribution in [0.1, 0.15) is 151 Å². The fourth-order valence-electron chi connectivity index (χ4n) is 15.4. The Bertz CT molecular complexity index is 2560. The number of benzene rings is 1. The molecule has 10 atom stereocenters. The molecule has 13 heteroatoms. The van der Waals surface area contributed by atoms with E-state index in [1.165, 1.54) is 0 Å². The highest BCUT2D eigenvalue weighted by atomic mass is 16.5. The molecule has 9 rings (SSSR count). The summed E-state index contributed by atoms with van der Waals surface area (Å²) >= 11 is 0. The molecule has 1 unspecified atom stereocenters. The Morgan fingerprint density at radius 2 is 1.62 bits per heavy atom. The van der Waals surface area contributed by atoms with Crippen molar-refractivity contribution < 1.29 is 33.8 Å². The first kappa shape index (κ1) is 46.2. The van der Waals surface area contributed by atoms with Gasteiger partial charge in [0.15, 0.2) is 11.6 Å². The molecular formula is C53H70N6O7. The van der Waals surface area contributed by atoms with Crippen molar-refractivity contribution in [2.45, 2.75) is 158 Å². The summed E-state index contributed by atoms with van der Waals surface area (Å²) in [4.78, 5) is 84.7. The molecule has 2 heterocycles. The quantitative estimate of drug-likeness (QED) is 0.151. The summed E-state index contributed by atoms with van der Waals surface area (Å²) in [6.45, 7) is 23.5. The molecule has 3 aromatic rings. The molecule has 6 aliphatic rings. The average molecular weight is 903 g/mol. The van der Waals surface area contributed by atoms with Crippen molar-refractivity contribution >= 4 is 40.6 Å². The van der Waals surface area contributed by atoms with Gasteiger partial charge in [-0.3, -0.25) is 29.0 Å². The number of imidazole rings is 1. The van der Waals surface area contributed by atoms with Gasteiger partial charge in [0.1, 0.15) is 17.3 Å². The monoisotopic (exact) mass is 903 g/mol. The molecule has 2 amide bonds. The molecule has 4 N–H and O–H groups in total. The van der Waals surface area contributed by atoms with Crippen molar-refractivity contribution in [2.75, 3.05) is 0 Å². The van der Waals surface area contributed by atoms with Crippen molar-refractivity contribution in [1.29, 1.82) is 0 Å². The normalized spacial score (nSPS) is 35.5. The number of carboxylic acid groups (broad SMARTS) is 1. The van der Waals surface area contributed by atoms with Crippen LogP contribution in [0, 0.1) is 62.6 Å². The third kappa shape index (κ3) is 6.72. The summed E-state index contributed by atoms with van der Waals surface area (Å²) in [6, 6.07) is 5.18. The molecular weight excluding hydrogens is 833 g/mol. The Hall–Kier alpha value is -4.94. The first-order chi connectivity index (χ1) is 30.8. The van der Waals surface area contributed by atoms with E-state index in [1.54, 1.807) is 50.6 Å². The Balaban J connectivity index is 0.938. The van der Waals surface area contributed by atoms with Crippen LogP contribution in [0.5, 0.6) is 0 Å². The number of rotatable bonds is 9. The first-order valence-electron chi connectivity index (χ1n) is 24.4. The zero-order chi connectivity index (χ0) is 47.7. The second kappa shape index (κ2) is 15.3. The van der Waals surface area contributed by atoms with E-state index >= 15 is 0 Å². The Morgan fingerprint density at radius 1 is 0.879 bits per heavy atom. The van der Waals surface area contributed by atoms with Gasteiger partial charge in [0.05, 0.1) is 34.6 Å². The lowest BCUT2D eigenvalue weighted by Crippen LogP contribution is -2.68. The van der Waals surface area contributed by atoms with Crippen LogP contribution in [-0.2, 0) is 23.9 Å². The number of carbonyl (C=O) groups is 5. The zero-order valence-electron chi connectivity index (χ0n) is 40.8. The third-order valence-corrected chi connectivity index (χ3v) is 19.4. The summed E-state index contributed by atoms with van der Waals surface area (Å²) < 4.78 is 6.43. The van der Waals surface area contributed by atoms with Crippen LogP contribution >= 0.6 is 0 Å². The smallest absolute Gasteiger partial charge is 0.309 e. The van der Waals surface area contributed by atoms with Gasteiger partial charge >= 0.3 is 11.9 Å². The highest BCUT2D eigenvalue weighted by Crippen LogP contribution is 2.76. The van der Waals surface area contributed by atoms with Gasteiger partial charge in [-0.1, -0.05) is 62.3 Å². The number of allylic oxidation sites excluding steroid dienone is 1. The number of amides is 2. The van der Waals surface area contributed by atoms with Gasteiger partial charge in [0.25, 0.3) is 5.91 Å². The highest BCUT2D eigenvalue weighted by Gasteiger charge is 2.71. The number of ether oxygens (including phenoxy) is 1. The van der Waals surface area contributed by atoms with E-state index in [-0.39, 0.29) is 63.7 Å². The molecule has 66 heavy (non-hydrogen) atoms. The number of H-pyrrole nitrogens is 1. The van der Waals surface area contributed by atoms with Gasteiger partial charge in [0, 0.05) is 29.8 Å². The van der Waals surface area contributed by atoms with Crippen molar-refractivity contribution in [1.82, 2.24) is 30.6 Å². The minimum Gasteiger partial charge on any atom is -0.481 e. The summed E-state index contributed by atoms with van der Waals surface area (Å²) in [5.74, 6) is -1.28.